The van der Waals surface area contributed by atoms with Crippen LogP contribution in [0.3, 0.4) is 0 Å². The molecule has 17 heavy (non-hydrogen) atoms. The van der Waals surface area contributed by atoms with E-state index in [1.165, 1.54) is 6.20 Å². The second-order valence-electron chi connectivity index (χ2n) is 4.49. The summed E-state index contributed by atoms with van der Waals surface area (Å²) in [6.45, 7) is 5.96. The van der Waals surface area contributed by atoms with Gasteiger partial charge in [-0.2, -0.15) is 0 Å². The molecule has 1 aromatic heterocycles. The Labute approximate surface area is 107 Å². The van der Waals surface area contributed by atoms with E-state index in [-0.39, 0.29) is 11.4 Å². The largest absolute Gasteiger partial charge is 0.373 e. The standard InChI is InChI=1S/C12H18ClN3O/c1-5-12(2,3)16-11(17)8-6-10(14-4)15-7-9(8)13/h6-7H,5H2,1-4H3,(H,14,15)(H,16,17). The first-order valence-electron chi connectivity index (χ1n) is 5.55. The first-order chi connectivity index (χ1) is 7.89. The van der Waals surface area contributed by atoms with E-state index in [9.17, 15) is 4.79 Å². The fourth-order valence-corrected chi connectivity index (χ4v) is 1.40. The molecule has 1 aromatic rings. The maximum Gasteiger partial charge on any atom is 0.253 e. The summed E-state index contributed by atoms with van der Waals surface area (Å²) in [6, 6.07) is 1.64. The molecule has 0 saturated heterocycles. The Morgan fingerprint density at radius 3 is 2.71 bits per heavy atom. The lowest BCUT2D eigenvalue weighted by molar-refractivity contribution is 0.0911. The average molecular weight is 256 g/mol. The Bertz CT molecular complexity index is 418. The summed E-state index contributed by atoms with van der Waals surface area (Å²) in [4.78, 5) is 16.1. The molecule has 0 bridgehead atoms. The van der Waals surface area contributed by atoms with Crippen molar-refractivity contribution in [3.8, 4) is 0 Å². The molecule has 0 aliphatic carbocycles. The Kier molecular flexibility index (Phi) is 4.34. The average Bonchev–Trinajstić information content (AvgIpc) is 2.29. The van der Waals surface area contributed by atoms with Crippen molar-refractivity contribution in [3.63, 3.8) is 0 Å². The summed E-state index contributed by atoms with van der Waals surface area (Å²) < 4.78 is 0. The molecule has 5 heteroatoms. The van der Waals surface area contributed by atoms with E-state index >= 15 is 0 Å². The molecule has 94 valence electrons. The molecule has 1 rings (SSSR count). The highest BCUT2D eigenvalue weighted by Gasteiger charge is 2.20. The Hall–Kier alpha value is -1.29. The second-order valence-corrected chi connectivity index (χ2v) is 4.90. The fraction of sp³-hybridized carbons (Fsp3) is 0.500. The highest BCUT2D eigenvalue weighted by Crippen LogP contribution is 2.19. The lowest BCUT2D eigenvalue weighted by Crippen LogP contribution is -2.42. The first kappa shape index (κ1) is 13.8. The van der Waals surface area contributed by atoms with E-state index in [0.717, 1.165) is 6.42 Å². The summed E-state index contributed by atoms with van der Waals surface area (Å²) >= 11 is 5.97. The number of aromatic nitrogens is 1. The van der Waals surface area contributed by atoms with Gasteiger partial charge < -0.3 is 10.6 Å². The summed E-state index contributed by atoms with van der Waals surface area (Å²) in [5, 5.41) is 6.17. The number of nitrogens with one attached hydrogen (secondary N) is 2. The zero-order valence-electron chi connectivity index (χ0n) is 10.6. The third-order valence-corrected chi connectivity index (χ3v) is 2.99. The lowest BCUT2D eigenvalue weighted by atomic mass is 10.0. The SMILES string of the molecule is CCC(C)(C)NC(=O)c1cc(NC)ncc1Cl. The molecular weight excluding hydrogens is 238 g/mol. The third-order valence-electron chi connectivity index (χ3n) is 2.69. The maximum absolute atomic E-state index is 12.1. The van der Waals surface area contributed by atoms with Crippen LogP contribution in [0.25, 0.3) is 0 Å². The molecule has 1 heterocycles. The monoisotopic (exact) mass is 255 g/mol. The second kappa shape index (κ2) is 5.36. The van der Waals surface area contributed by atoms with Crippen LogP contribution < -0.4 is 10.6 Å². The van der Waals surface area contributed by atoms with Crippen molar-refractivity contribution in [2.45, 2.75) is 32.7 Å². The smallest absolute Gasteiger partial charge is 0.253 e. The number of rotatable bonds is 4. The van der Waals surface area contributed by atoms with Crippen molar-refractivity contribution in [1.29, 1.82) is 0 Å². The molecule has 2 N–H and O–H groups in total. The number of halogens is 1. The van der Waals surface area contributed by atoms with Crippen molar-refractivity contribution in [2.75, 3.05) is 12.4 Å². The van der Waals surface area contributed by atoms with Crippen molar-refractivity contribution in [2.24, 2.45) is 0 Å². The van der Waals surface area contributed by atoms with E-state index in [4.69, 9.17) is 11.6 Å². The zero-order valence-corrected chi connectivity index (χ0v) is 11.4. The van der Waals surface area contributed by atoms with E-state index in [2.05, 4.69) is 15.6 Å². The van der Waals surface area contributed by atoms with Gasteiger partial charge >= 0.3 is 0 Å². The van der Waals surface area contributed by atoms with Gasteiger partial charge in [0.2, 0.25) is 0 Å². The van der Waals surface area contributed by atoms with Gasteiger partial charge in [0.1, 0.15) is 5.82 Å². The van der Waals surface area contributed by atoms with Crippen LogP contribution in [0.5, 0.6) is 0 Å². The topological polar surface area (TPSA) is 54.0 Å². The number of hydrogen-bond acceptors (Lipinski definition) is 3. The van der Waals surface area contributed by atoms with Gasteiger partial charge in [0.15, 0.2) is 0 Å². The predicted molar refractivity (Wildman–Crippen MR) is 70.6 cm³/mol. The number of carbonyl (C=O) groups excluding carboxylic acids is 1. The van der Waals surface area contributed by atoms with Gasteiger partial charge in [-0.3, -0.25) is 4.79 Å². The Morgan fingerprint density at radius 1 is 1.53 bits per heavy atom. The number of pyridine rings is 1. The molecule has 0 aliphatic heterocycles. The molecule has 0 atom stereocenters. The van der Waals surface area contributed by atoms with Crippen LogP contribution in [0.1, 0.15) is 37.6 Å². The predicted octanol–water partition coefficient (Wildman–Crippen LogP) is 2.70. The molecular formula is C12H18ClN3O. The molecule has 1 amide bonds. The number of amides is 1. The van der Waals surface area contributed by atoms with E-state index in [0.29, 0.717) is 16.4 Å². The van der Waals surface area contributed by atoms with Crippen LogP contribution in [0.2, 0.25) is 5.02 Å². The van der Waals surface area contributed by atoms with Gasteiger partial charge in [-0.05, 0) is 26.3 Å². The summed E-state index contributed by atoms with van der Waals surface area (Å²) in [5.74, 6) is 0.439. The third kappa shape index (κ3) is 3.60. The maximum atomic E-state index is 12.1. The Balaban J connectivity index is 2.96. The quantitative estimate of drug-likeness (QED) is 0.870. The van der Waals surface area contributed by atoms with Gasteiger partial charge in [-0.25, -0.2) is 4.98 Å². The minimum atomic E-state index is -0.247. The Morgan fingerprint density at radius 2 is 2.18 bits per heavy atom. The minimum absolute atomic E-state index is 0.180. The van der Waals surface area contributed by atoms with Crippen molar-refractivity contribution >= 4 is 23.3 Å². The van der Waals surface area contributed by atoms with Crippen LogP contribution in [-0.4, -0.2) is 23.5 Å². The molecule has 0 radical (unpaired) electrons. The number of carbonyl (C=O) groups is 1. The van der Waals surface area contributed by atoms with Crippen molar-refractivity contribution < 1.29 is 4.79 Å². The van der Waals surface area contributed by atoms with E-state index in [1.807, 2.05) is 20.8 Å². The van der Waals surface area contributed by atoms with Crippen LogP contribution in [0.4, 0.5) is 5.82 Å². The fourth-order valence-electron chi connectivity index (χ4n) is 1.21. The molecule has 0 aliphatic rings. The van der Waals surface area contributed by atoms with Gasteiger partial charge in [-0.1, -0.05) is 18.5 Å². The van der Waals surface area contributed by atoms with Crippen LogP contribution in [0, 0.1) is 0 Å². The van der Waals surface area contributed by atoms with Crippen LogP contribution >= 0.6 is 11.6 Å². The normalized spacial score (nSPS) is 11.1. The number of anilines is 1. The highest BCUT2D eigenvalue weighted by molar-refractivity contribution is 6.33. The molecule has 0 aromatic carbocycles. The van der Waals surface area contributed by atoms with Crippen LogP contribution in [-0.2, 0) is 0 Å². The summed E-state index contributed by atoms with van der Waals surface area (Å²) in [5.41, 5.74) is 0.191. The summed E-state index contributed by atoms with van der Waals surface area (Å²) in [7, 11) is 1.74. The number of hydrogen-bond donors (Lipinski definition) is 2. The van der Waals surface area contributed by atoms with Gasteiger partial charge in [0.25, 0.3) is 5.91 Å². The molecule has 4 nitrogen and oxygen atoms in total. The first-order valence-corrected chi connectivity index (χ1v) is 5.93. The van der Waals surface area contributed by atoms with Crippen LogP contribution in [0.15, 0.2) is 12.3 Å². The molecule has 0 saturated carbocycles. The molecule has 0 fully saturated rings. The van der Waals surface area contributed by atoms with Gasteiger partial charge in [-0.15, -0.1) is 0 Å². The van der Waals surface area contributed by atoms with E-state index in [1.54, 1.807) is 13.1 Å². The van der Waals surface area contributed by atoms with Gasteiger partial charge in [0, 0.05) is 18.8 Å². The number of nitrogens with zero attached hydrogens (tertiary/aromatic N) is 1. The molecule has 0 spiro atoms. The summed E-state index contributed by atoms with van der Waals surface area (Å²) in [6.07, 6.45) is 2.32. The molecule has 0 unspecified atom stereocenters. The minimum Gasteiger partial charge on any atom is -0.373 e. The van der Waals surface area contributed by atoms with Crippen molar-refractivity contribution in [3.05, 3.63) is 22.8 Å². The van der Waals surface area contributed by atoms with E-state index < -0.39 is 0 Å². The zero-order chi connectivity index (χ0) is 13.1. The highest BCUT2D eigenvalue weighted by atomic mass is 35.5. The van der Waals surface area contributed by atoms with Crippen molar-refractivity contribution in [1.82, 2.24) is 10.3 Å². The van der Waals surface area contributed by atoms with Gasteiger partial charge in [0.05, 0.1) is 10.6 Å². The lowest BCUT2D eigenvalue weighted by Gasteiger charge is -2.24.